The number of hydrogen-bond donors (Lipinski definition) is 2. The van der Waals surface area contributed by atoms with Gasteiger partial charge in [0.1, 0.15) is 17.1 Å². The molecule has 0 aliphatic rings. The van der Waals surface area contributed by atoms with Crippen molar-refractivity contribution in [3.63, 3.8) is 0 Å². The summed E-state index contributed by atoms with van der Waals surface area (Å²) in [6.07, 6.45) is 0. The average molecular weight is 330 g/mol. The van der Waals surface area contributed by atoms with E-state index in [2.05, 4.69) is 5.32 Å². The number of benzene rings is 1. The van der Waals surface area contributed by atoms with Crippen LogP contribution in [0.5, 0.6) is 0 Å². The number of hydrogen-bond acceptors (Lipinski definition) is 4. The van der Waals surface area contributed by atoms with Crippen LogP contribution in [-0.4, -0.2) is 36.6 Å². The van der Waals surface area contributed by atoms with Gasteiger partial charge >= 0.3 is 0 Å². The molecule has 1 atom stereocenters. The summed E-state index contributed by atoms with van der Waals surface area (Å²) in [7, 11) is 3.97. The molecule has 0 fully saturated rings. The van der Waals surface area contributed by atoms with Crippen LogP contribution in [0.25, 0.3) is 0 Å². The zero-order chi connectivity index (χ0) is 17.9. The number of amides is 1. The highest BCUT2D eigenvalue weighted by molar-refractivity contribution is 5.94. The molecule has 130 valence electrons. The van der Waals surface area contributed by atoms with E-state index in [0.29, 0.717) is 16.9 Å². The van der Waals surface area contributed by atoms with Crippen LogP contribution in [0, 0.1) is 13.8 Å². The maximum Gasteiger partial charge on any atom is 0.251 e. The molecule has 0 bridgehead atoms. The van der Waals surface area contributed by atoms with Crippen molar-refractivity contribution in [3.05, 3.63) is 58.5 Å². The lowest BCUT2D eigenvalue weighted by molar-refractivity contribution is 0.0514. The van der Waals surface area contributed by atoms with Crippen LogP contribution in [-0.2, 0) is 12.1 Å². The first-order valence-electron chi connectivity index (χ1n) is 8.01. The summed E-state index contributed by atoms with van der Waals surface area (Å²) >= 11 is 0. The molecule has 0 saturated heterocycles. The van der Waals surface area contributed by atoms with Gasteiger partial charge in [-0.15, -0.1) is 0 Å². The normalized spacial score (nSPS) is 13.8. The van der Waals surface area contributed by atoms with Gasteiger partial charge in [-0.05, 0) is 58.6 Å². The lowest BCUT2D eigenvalue weighted by Gasteiger charge is -2.23. The van der Waals surface area contributed by atoms with Gasteiger partial charge in [0.2, 0.25) is 0 Å². The summed E-state index contributed by atoms with van der Waals surface area (Å²) in [5, 5.41) is 13.5. The first kappa shape index (κ1) is 18.2. The average Bonchev–Trinajstić information content (AvgIpc) is 2.84. The molecule has 2 N–H and O–H groups in total. The van der Waals surface area contributed by atoms with E-state index in [1.807, 2.05) is 51.0 Å². The minimum atomic E-state index is -1.18. The summed E-state index contributed by atoms with van der Waals surface area (Å²) in [4.78, 5) is 14.4. The first-order chi connectivity index (χ1) is 11.2. The van der Waals surface area contributed by atoms with E-state index in [1.165, 1.54) is 0 Å². The minimum absolute atomic E-state index is 0.115. The van der Waals surface area contributed by atoms with Crippen molar-refractivity contribution in [1.82, 2.24) is 10.2 Å². The topological polar surface area (TPSA) is 65.7 Å². The fourth-order valence-corrected chi connectivity index (χ4v) is 2.79. The van der Waals surface area contributed by atoms with E-state index in [4.69, 9.17) is 4.42 Å². The second-order valence-electron chi connectivity index (χ2n) is 6.72. The Hall–Kier alpha value is -2.11. The molecule has 1 aromatic carbocycles. The van der Waals surface area contributed by atoms with Crippen LogP contribution in [0.15, 0.2) is 34.7 Å². The predicted molar refractivity (Wildman–Crippen MR) is 93.9 cm³/mol. The van der Waals surface area contributed by atoms with Crippen molar-refractivity contribution in [2.24, 2.45) is 0 Å². The second kappa shape index (κ2) is 7.20. The number of rotatable bonds is 6. The van der Waals surface area contributed by atoms with Crippen LogP contribution in [0.4, 0.5) is 0 Å². The highest BCUT2D eigenvalue weighted by Gasteiger charge is 2.28. The van der Waals surface area contributed by atoms with Gasteiger partial charge in [0, 0.05) is 17.7 Å². The molecular weight excluding hydrogens is 304 g/mol. The Morgan fingerprint density at radius 1 is 1.29 bits per heavy atom. The van der Waals surface area contributed by atoms with Crippen LogP contribution in [0.3, 0.4) is 0 Å². The molecule has 0 saturated carbocycles. The van der Waals surface area contributed by atoms with Crippen molar-refractivity contribution in [2.45, 2.75) is 32.9 Å². The molecule has 24 heavy (non-hydrogen) atoms. The van der Waals surface area contributed by atoms with Gasteiger partial charge in [-0.1, -0.05) is 12.1 Å². The van der Waals surface area contributed by atoms with E-state index in [9.17, 15) is 9.90 Å². The maximum atomic E-state index is 12.4. The molecule has 0 aliphatic heterocycles. The fourth-order valence-electron chi connectivity index (χ4n) is 2.79. The summed E-state index contributed by atoms with van der Waals surface area (Å²) in [5.74, 6) is 1.21. The molecule has 2 rings (SSSR count). The summed E-state index contributed by atoms with van der Waals surface area (Å²) in [5.41, 5.74) is 1.17. The molecule has 1 unspecified atom stereocenters. The quantitative estimate of drug-likeness (QED) is 0.854. The summed E-state index contributed by atoms with van der Waals surface area (Å²) in [6.45, 7) is 6.20. The van der Waals surface area contributed by atoms with Crippen LogP contribution in [0.2, 0.25) is 0 Å². The number of aryl methyl sites for hydroxylation is 2. The van der Waals surface area contributed by atoms with E-state index >= 15 is 0 Å². The third-order valence-electron chi connectivity index (χ3n) is 3.90. The summed E-state index contributed by atoms with van der Waals surface area (Å²) in [6, 6.07) is 9.31. The minimum Gasteiger partial charge on any atom is -0.466 e. The molecule has 0 aliphatic carbocycles. The molecular formula is C19H26N2O3. The monoisotopic (exact) mass is 330 g/mol. The Bertz CT molecular complexity index is 717. The molecule has 2 aromatic rings. The molecule has 1 aromatic heterocycles. The largest absolute Gasteiger partial charge is 0.466 e. The van der Waals surface area contributed by atoms with Crippen LogP contribution in [0.1, 0.15) is 39.9 Å². The van der Waals surface area contributed by atoms with Crippen LogP contribution < -0.4 is 5.32 Å². The molecule has 5 nitrogen and oxygen atoms in total. The Morgan fingerprint density at radius 3 is 2.58 bits per heavy atom. The number of nitrogens with zero attached hydrogens (tertiary/aromatic N) is 1. The number of furan rings is 1. The molecule has 1 heterocycles. The smallest absolute Gasteiger partial charge is 0.251 e. The first-order valence-corrected chi connectivity index (χ1v) is 8.01. The molecule has 0 spiro atoms. The lowest BCUT2D eigenvalue weighted by Crippen LogP contribution is -2.38. The Labute approximate surface area is 143 Å². The maximum absolute atomic E-state index is 12.4. The number of carbonyl (C=O) groups excluding carboxylic acids is 1. The van der Waals surface area contributed by atoms with Crippen molar-refractivity contribution in [1.29, 1.82) is 0 Å². The van der Waals surface area contributed by atoms with Crippen molar-refractivity contribution in [2.75, 3.05) is 20.6 Å². The Kier molecular flexibility index (Phi) is 5.47. The Morgan fingerprint density at radius 2 is 2.00 bits per heavy atom. The van der Waals surface area contributed by atoms with Gasteiger partial charge in [0.05, 0.1) is 6.54 Å². The molecule has 1 amide bonds. The zero-order valence-electron chi connectivity index (χ0n) is 15.0. The third-order valence-corrected chi connectivity index (χ3v) is 3.90. The van der Waals surface area contributed by atoms with E-state index in [0.717, 1.165) is 17.9 Å². The summed E-state index contributed by atoms with van der Waals surface area (Å²) < 4.78 is 5.47. The van der Waals surface area contributed by atoms with Crippen molar-refractivity contribution >= 4 is 5.91 Å². The van der Waals surface area contributed by atoms with Crippen LogP contribution >= 0.6 is 0 Å². The van der Waals surface area contributed by atoms with E-state index < -0.39 is 5.60 Å². The van der Waals surface area contributed by atoms with Gasteiger partial charge < -0.3 is 19.7 Å². The van der Waals surface area contributed by atoms with Crippen molar-refractivity contribution in [3.8, 4) is 0 Å². The van der Waals surface area contributed by atoms with Gasteiger partial charge in [-0.3, -0.25) is 4.79 Å². The predicted octanol–water partition coefficient (Wildman–Crippen LogP) is 2.60. The lowest BCUT2D eigenvalue weighted by atomic mass is 9.96. The Balaban J connectivity index is 2.06. The SMILES string of the molecule is Cc1cc(C(C)(O)CNC(=O)c2cccc(CN(C)C)c2)c(C)o1. The number of nitrogens with one attached hydrogen (secondary N) is 1. The highest BCUT2D eigenvalue weighted by Crippen LogP contribution is 2.26. The number of aliphatic hydroxyl groups is 1. The van der Waals surface area contributed by atoms with E-state index in [-0.39, 0.29) is 12.5 Å². The zero-order valence-corrected chi connectivity index (χ0v) is 15.0. The van der Waals surface area contributed by atoms with Gasteiger partial charge in [0.25, 0.3) is 5.91 Å². The standard InChI is InChI=1S/C19H26N2O3/c1-13-9-17(14(2)24-13)19(3,23)12-20-18(22)16-8-6-7-15(10-16)11-21(4)5/h6-10,23H,11-12H2,1-5H3,(H,20,22). The van der Waals surface area contributed by atoms with Gasteiger partial charge in [-0.2, -0.15) is 0 Å². The van der Waals surface area contributed by atoms with Crippen molar-refractivity contribution < 1.29 is 14.3 Å². The van der Waals surface area contributed by atoms with Gasteiger partial charge in [-0.25, -0.2) is 0 Å². The number of carbonyl (C=O) groups is 1. The molecule has 5 heteroatoms. The highest BCUT2D eigenvalue weighted by atomic mass is 16.3. The van der Waals surface area contributed by atoms with E-state index in [1.54, 1.807) is 19.1 Å². The fraction of sp³-hybridized carbons (Fsp3) is 0.421. The molecule has 0 radical (unpaired) electrons. The third kappa shape index (κ3) is 4.46. The van der Waals surface area contributed by atoms with Gasteiger partial charge in [0.15, 0.2) is 0 Å². The second-order valence-corrected chi connectivity index (χ2v) is 6.72.